The number of hydrogen-bond acceptors (Lipinski definition) is 4. The number of nitrogens with zero attached hydrogens (tertiary/aromatic N) is 2. The molecule has 116 valence electrons. The third-order valence-corrected chi connectivity index (χ3v) is 3.20. The summed E-state index contributed by atoms with van der Waals surface area (Å²) in [6, 6.07) is 7.12. The van der Waals surface area contributed by atoms with Crippen LogP contribution in [0.25, 0.3) is 0 Å². The van der Waals surface area contributed by atoms with Crippen molar-refractivity contribution in [3.63, 3.8) is 0 Å². The molecule has 1 aromatic rings. The van der Waals surface area contributed by atoms with E-state index >= 15 is 0 Å². The number of nitrogen functional groups attached to an aromatic ring is 1. The first-order chi connectivity index (χ1) is 9.97. The summed E-state index contributed by atoms with van der Waals surface area (Å²) in [4.78, 5) is 27.2. The Bertz CT molecular complexity index is 473. The lowest BCUT2D eigenvalue weighted by atomic mass is 10.2. The molecule has 6 nitrogen and oxygen atoms in total. The Morgan fingerprint density at radius 2 is 1.81 bits per heavy atom. The molecule has 0 saturated heterocycles. The van der Waals surface area contributed by atoms with Gasteiger partial charge in [-0.1, -0.05) is 6.92 Å². The summed E-state index contributed by atoms with van der Waals surface area (Å²) in [7, 11) is 3.31. The molecule has 0 bridgehead atoms. The summed E-state index contributed by atoms with van der Waals surface area (Å²) in [5.41, 5.74) is 7.08. The van der Waals surface area contributed by atoms with Crippen LogP contribution in [0.15, 0.2) is 24.3 Å². The van der Waals surface area contributed by atoms with Crippen LogP contribution in [0.5, 0.6) is 0 Å². The molecule has 1 rings (SSSR count). The highest BCUT2D eigenvalue weighted by Crippen LogP contribution is 2.15. The molecule has 0 aliphatic carbocycles. The average molecular weight is 292 g/mol. The molecule has 2 amide bonds. The molecule has 0 radical (unpaired) electrons. The predicted molar refractivity (Wildman–Crippen MR) is 85.1 cm³/mol. The van der Waals surface area contributed by atoms with E-state index in [1.165, 1.54) is 0 Å². The second kappa shape index (κ2) is 8.26. The van der Waals surface area contributed by atoms with Gasteiger partial charge in [0.05, 0.1) is 13.1 Å². The van der Waals surface area contributed by atoms with Gasteiger partial charge in [0.2, 0.25) is 11.8 Å². The number of hydrogen-bond donors (Lipinski definition) is 2. The van der Waals surface area contributed by atoms with Gasteiger partial charge >= 0.3 is 0 Å². The smallest absolute Gasteiger partial charge is 0.240 e. The second-order valence-electron chi connectivity index (χ2n) is 4.93. The quantitative estimate of drug-likeness (QED) is 0.725. The van der Waals surface area contributed by atoms with E-state index in [2.05, 4.69) is 5.32 Å². The molecule has 0 aliphatic rings. The molecule has 0 aromatic heterocycles. The molecule has 0 heterocycles. The van der Waals surface area contributed by atoms with Crippen molar-refractivity contribution in [1.29, 1.82) is 0 Å². The SMILES string of the molecule is CCCN(CC(=O)NC)CC(=O)N(C)c1ccc(N)cc1. The van der Waals surface area contributed by atoms with Crippen molar-refractivity contribution in [2.75, 3.05) is 44.4 Å². The van der Waals surface area contributed by atoms with Crippen molar-refractivity contribution in [3.05, 3.63) is 24.3 Å². The number of carbonyl (C=O) groups is 2. The van der Waals surface area contributed by atoms with E-state index in [9.17, 15) is 9.59 Å². The molecule has 0 aliphatic heterocycles. The summed E-state index contributed by atoms with van der Waals surface area (Å²) >= 11 is 0. The zero-order valence-electron chi connectivity index (χ0n) is 12.9. The minimum Gasteiger partial charge on any atom is -0.399 e. The minimum absolute atomic E-state index is 0.0582. The Kier molecular flexibility index (Phi) is 6.68. The normalized spacial score (nSPS) is 10.5. The van der Waals surface area contributed by atoms with Crippen molar-refractivity contribution in [3.8, 4) is 0 Å². The molecule has 0 saturated carbocycles. The number of anilines is 2. The number of amides is 2. The van der Waals surface area contributed by atoms with Crippen LogP contribution in [0.1, 0.15) is 13.3 Å². The van der Waals surface area contributed by atoms with Crippen LogP contribution in [0.3, 0.4) is 0 Å². The van der Waals surface area contributed by atoms with E-state index in [0.29, 0.717) is 12.2 Å². The highest BCUT2D eigenvalue weighted by atomic mass is 16.2. The van der Waals surface area contributed by atoms with Crippen molar-refractivity contribution in [1.82, 2.24) is 10.2 Å². The van der Waals surface area contributed by atoms with Crippen LogP contribution in [0.4, 0.5) is 11.4 Å². The lowest BCUT2D eigenvalue weighted by Crippen LogP contribution is -2.43. The highest BCUT2D eigenvalue weighted by molar-refractivity contribution is 5.94. The van der Waals surface area contributed by atoms with Gasteiger partial charge < -0.3 is 16.0 Å². The standard InChI is InChI=1S/C15H24N4O2/c1-4-9-19(10-14(20)17-2)11-15(21)18(3)13-7-5-12(16)6-8-13/h5-8H,4,9-11,16H2,1-3H3,(H,17,20). The Balaban J connectivity index is 2.67. The van der Waals surface area contributed by atoms with E-state index in [-0.39, 0.29) is 24.9 Å². The van der Waals surface area contributed by atoms with Crippen molar-refractivity contribution in [2.45, 2.75) is 13.3 Å². The van der Waals surface area contributed by atoms with Crippen molar-refractivity contribution >= 4 is 23.2 Å². The zero-order chi connectivity index (χ0) is 15.8. The topological polar surface area (TPSA) is 78.7 Å². The van der Waals surface area contributed by atoms with Crippen molar-refractivity contribution < 1.29 is 9.59 Å². The lowest BCUT2D eigenvalue weighted by Gasteiger charge is -2.24. The Morgan fingerprint density at radius 1 is 1.19 bits per heavy atom. The fourth-order valence-corrected chi connectivity index (χ4v) is 1.95. The van der Waals surface area contributed by atoms with Crippen LogP contribution in [-0.4, -0.2) is 50.4 Å². The third-order valence-electron chi connectivity index (χ3n) is 3.20. The Hall–Kier alpha value is -2.08. The maximum Gasteiger partial charge on any atom is 0.240 e. The number of carbonyl (C=O) groups excluding carboxylic acids is 2. The third kappa shape index (κ3) is 5.43. The van der Waals surface area contributed by atoms with E-state index in [1.807, 2.05) is 11.8 Å². The van der Waals surface area contributed by atoms with Gasteiger partial charge in [0, 0.05) is 25.5 Å². The Morgan fingerprint density at radius 3 is 2.33 bits per heavy atom. The molecule has 0 fully saturated rings. The van der Waals surface area contributed by atoms with Crippen LogP contribution in [0.2, 0.25) is 0 Å². The van der Waals surface area contributed by atoms with Gasteiger partial charge in [-0.3, -0.25) is 14.5 Å². The maximum absolute atomic E-state index is 12.3. The molecule has 21 heavy (non-hydrogen) atoms. The Labute approximate surface area is 125 Å². The molecular formula is C15H24N4O2. The summed E-state index contributed by atoms with van der Waals surface area (Å²) in [5.74, 6) is -0.150. The lowest BCUT2D eigenvalue weighted by molar-refractivity contribution is -0.123. The number of likely N-dealkylation sites (N-methyl/N-ethyl adjacent to an activating group) is 2. The van der Waals surface area contributed by atoms with Gasteiger partial charge in [0.15, 0.2) is 0 Å². The van der Waals surface area contributed by atoms with Crippen molar-refractivity contribution in [2.24, 2.45) is 0 Å². The number of benzene rings is 1. The summed E-state index contributed by atoms with van der Waals surface area (Å²) in [6.45, 7) is 3.16. The highest BCUT2D eigenvalue weighted by Gasteiger charge is 2.17. The predicted octanol–water partition coefficient (Wildman–Crippen LogP) is 0.690. The van der Waals surface area contributed by atoms with Gasteiger partial charge in [0.1, 0.15) is 0 Å². The van der Waals surface area contributed by atoms with Gasteiger partial charge in [-0.15, -0.1) is 0 Å². The van der Waals surface area contributed by atoms with Gasteiger partial charge in [0.25, 0.3) is 0 Å². The average Bonchev–Trinajstić information content (AvgIpc) is 2.47. The van der Waals surface area contributed by atoms with E-state index in [0.717, 1.165) is 12.1 Å². The maximum atomic E-state index is 12.3. The molecule has 0 atom stereocenters. The molecule has 0 spiro atoms. The first-order valence-corrected chi connectivity index (χ1v) is 7.03. The molecular weight excluding hydrogens is 268 g/mol. The fraction of sp³-hybridized carbons (Fsp3) is 0.467. The number of rotatable bonds is 7. The molecule has 1 aromatic carbocycles. The van der Waals surface area contributed by atoms with E-state index in [4.69, 9.17) is 5.73 Å². The molecule has 6 heteroatoms. The largest absolute Gasteiger partial charge is 0.399 e. The van der Waals surface area contributed by atoms with Crippen LogP contribution in [-0.2, 0) is 9.59 Å². The monoisotopic (exact) mass is 292 g/mol. The van der Waals surface area contributed by atoms with Crippen LogP contribution in [0, 0.1) is 0 Å². The summed E-state index contributed by atoms with van der Waals surface area (Å²) < 4.78 is 0. The number of nitrogens with one attached hydrogen (secondary N) is 1. The van der Waals surface area contributed by atoms with Gasteiger partial charge in [-0.25, -0.2) is 0 Å². The summed E-state index contributed by atoms with van der Waals surface area (Å²) in [5, 5.41) is 2.57. The zero-order valence-corrected chi connectivity index (χ0v) is 12.9. The van der Waals surface area contributed by atoms with E-state index in [1.54, 1.807) is 43.3 Å². The van der Waals surface area contributed by atoms with Crippen LogP contribution >= 0.6 is 0 Å². The first-order valence-electron chi connectivity index (χ1n) is 7.03. The second-order valence-corrected chi connectivity index (χ2v) is 4.93. The van der Waals surface area contributed by atoms with Gasteiger partial charge in [-0.2, -0.15) is 0 Å². The minimum atomic E-state index is -0.0913. The van der Waals surface area contributed by atoms with E-state index < -0.39 is 0 Å². The molecule has 0 unspecified atom stereocenters. The first kappa shape index (κ1) is 17.0. The number of nitrogens with two attached hydrogens (primary N) is 1. The van der Waals surface area contributed by atoms with Gasteiger partial charge in [-0.05, 0) is 37.2 Å². The van der Waals surface area contributed by atoms with Crippen LogP contribution < -0.4 is 16.0 Å². The molecule has 3 N–H and O–H groups in total. The summed E-state index contributed by atoms with van der Waals surface area (Å²) in [6.07, 6.45) is 0.885. The fourth-order valence-electron chi connectivity index (χ4n) is 1.95.